The lowest BCUT2D eigenvalue weighted by molar-refractivity contribution is 0.0524. The summed E-state index contributed by atoms with van der Waals surface area (Å²) in [6.45, 7) is 7.92. The van der Waals surface area contributed by atoms with Gasteiger partial charge in [0.05, 0.1) is 0 Å². The van der Waals surface area contributed by atoms with Crippen molar-refractivity contribution in [3.8, 4) is 0 Å². The van der Waals surface area contributed by atoms with Crippen LogP contribution in [-0.4, -0.2) is 29.3 Å². The minimum Gasteiger partial charge on any atom is -0.444 e. The monoisotopic (exact) mass is 355 g/mol. The summed E-state index contributed by atoms with van der Waals surface area (Å²) in [6, 6.07) is 12.2. The third-order valence-electron chi connectivity index (χ3n) is 3.86. The van der Waals surface area contributed by atoms with Crippen molar-refractivity contribution in [3.63, 3.8) is 0 Å². The van der Waals surface area contributed by atoms with Crippen molar-refractivity contribution in [1.29, 1.82) is 0 Å². The first-order chi connectivity index (χ1) is 12.2. The number of carbonyl (C=O) groups is 1. The summed E-state index contributed by atoms with van der Waals surface area (Å²) in [5.74, 6) is 0. The van der Waals surface area contributed by atoms with E-state index in [0.717, 1.165) is 23.2 Å². The van der Waals surface area contributed by atoms with Gasteiger partial charge < -0.3 is 15.8 Å². The van der Waals surface area contributed by atoms with Gasteiger partial charge in [-0.05, 0) is 50.8 Å². The Balaban J connectivity index is 1.87. The molecule has 0 saturated carbocycles. The van der Waals surface area contributed by atoms with Gasteiger partial charge in [-0.25, -0.2) is 4.79 Å². The topological polar surface area (TPSA) is 77.2 Å². The standard InChI is InChI=1S/C21H29N3O2/c1-15-10-17(11-18(22)14-24-20(25)26-21(2,3)4)13-23-19(15)12-16-8-6-5-7-9-16/h5-10,13,18H,11-12,14,22H2,1-4H3,(H,24,25). The van der Waals surface area contributed by atoms with Gasteiger partial charge in [0.2, 0.25) is 0 Å². The first-order valence-corrected chi connectivity index (χ1v) is 8.93. The van der Waals surface area contributed by atoms with Crippen molar-refractivity contribution < 1.29 is 9.53 Å². The van der Waals surface area contributed by atoms with Gasteiger partial charge in [0.15, 0.2) is 0 Å². The van der Waals surface area contributed by atoms with Gasteiger partial charge >= 0.3 is 6.09 Å². The molecule has 1 atom stereocenters. The molecule has 0 aliphatic heterocycles. The molecule has 1 aromatic carbocycles. The molecule has 1 heterocycles. The zero-order valence-electron chi connectivity index (χ0n) is 16.1. The molecule has 0 aliphatic rings. The number of benzene rings is 1. The zero-order chi connectivity index (χ0) is 19.2. The van der Waals surface area contributed by atoms with Gasteiger partial charge in [-0.15, -0.1) is 0 Å². The molecule has 3 N–H and O–H groups in total. The Morgan fingerprint density at radius 2 is 1.92 bits per heavy atom. The largest absolute Gasteiger partial charge is 0.444 e. The summed E-state index contributed by atoms with van der Waals surface area (Å²) in [7, 11) is 0. The third kappa shape index (κ3) is 6.84. The van der Waals surface area contributed by atoms with E-state index in [4.69, 9.17) is 10.5 Å². The van der Waals surface area contributed by atoms with Crippen LogP contribution in [0.5, 0.6) is 0 Å². The molecule has 2 aromatic rings. The molecule has 0 fully saturated rings. The smallest absolute Gasteiger partial charge is 0.407 e. The average molecular weight is 355 g/mol. The number of ether oxygens (including phenoxy) is 1. The lowest BCUT2D eigenvalue weighted by Gasteiger charge is -2.21. The van der Waals surface area contributed by atoms with Crippen LogP contribution in [0.15, 0.2) is 42.6 Å². The molecule has 0 bridgehead atoms. The molecular weight excluding hydrogens is 326 g/mol. The number of alkyl carbamates (subject to hydrolysis) is 1. The van der Waals surface area contributed by atoms with Gasteiger partial charge in [-0.3, -0.25) is 4.98 Å². The predicted octanol–water partition coefficient (Wildman–Crippen LogP) is 3.38. The first kappa shape index (κ1) is 19.9. The van der Waals surface area contributed by atoms with Crippen LogP contribution in [0.1, 0.15) is 43.2 Å². The van der Waals surface area contributed by atoms with E-state index in [1.807, 2.05) is 45.2 Å². The van der Waals surface area contributed by atoms with Crippen LogP contribution in [0.4, 0.5) is 4.79 Å². The number of nitrogens with two attached hydrogens (primary N) is 1. The van der Waals surface area contributed by atoms with Crippen LogP contribution in [0.25, 0.3) is 0 Å². The SMILES string of the molecule is Cc1cc(CC(N)CNC(=O)OC(C)(C)C)cnc1Cc1ccccc1. The predicted molar refractivity (Wildman–Crippen MR) is 104 cm³/mol. The Hall–Kier alpha value is -2.40. The van der Waals surface area contributed by atoms with Gasteiger partial charge in [-0.2, -0.15) is 0 Å². The second kappa shape index (κ2) is 8.81. The van der Waals surface area contributed by atoms with E-state index in [0.29, 0.717) is 13.0 Å². The van der Waals surface area contributed by atoms with Crippen LogP contribution in [0.2, 0.25) is 0 Å². The maximum absolute atomic E-state index is 11.7. The molecule has 0 aliphatic carbocycles. The van der Waals surface area contributed by atoms with E-state index >= 15 is 0 Å². The van der Waals surface area contributed by atoms with Crippen LogP contribution in [-0.2, 0) is 17.6 Å². The molecule has 0 radical (unpaired) electrons. The maximum Gasteiger partial charge on any atom is 0.407 e. The highest BCUT2D eigenvalue weighted by atomic mass is 16.6. The second-order valence-electron chi connectivity index (χ2n) is 7.62. The minimum absolute atomic E-state index is 0.191. The number of nitrogens with one attached hydrogen (secondary N) is 1. The van der Waals surface area contributed by atoms with Crippen molar-refractivity contribution in [1.82, 2.24) is 10.3 Å². The number of hydrogen-bond acceptors (Lipinski definition) is 4. The normalized spacial score (nSPS) is 12.5. The highest BCUT2D eigenvalue weighted by molar-refractivity contribution is 5.67. The lowest BCUT2D eigenvalue weighted by Crippen LogP contribution is -2.41. The van der Waals surface area contributed by atoms with Crippen molar-refractivity contribution >= 4 is 6.09 Å². The second-order valence-corrected chi connectivity index (χ2v) is 7.62. The number of aromatic nitrogens is 1. The molecule has 5 nitrogen and oxygen atoms in total. The van der Waals surface area contributed by atoms with Gasteiger partial charge in [0.25, 0.3) is 0 Å². The fraction of sp³-hybridized carbons (Fsp3) is 0.429. The summed E-state index contributed by atoms with van der Waals surface area (Å²) in [4.78, 5) is 16.3. The molecule has 5 heteroatoms. The summed E-state index contributed by atoms with van der Waals surface area (Å²) in [5, 5.41) is 2.71. The Labute approximate surface area is 156 Å². The molecular formula is C21H29N3O2. The van der Waals surface area contributed by atoms with E-state index in [1.165, 1.54) is 5.56 Å². The number of hydrogen-bond donors (Lipinski definition) is 2. The zero-order valence-corrected chi connectivity index (χ0v) is 16.1. The van der Waals surface area contributed by atoms with E-state index in [2.05, 4.69) is 35.4 Å². The van der Waals surface area contributed by atoms with E-state index in [1.54, 1.807) is 0 Å². The summed E-state index contributed by atoms with van der Waals surface area (Å²) in [6.07, 6.45) is 2.90. The molecule has 2 rings (SSSR count). The van der Waals surface area contributed by atoms with Gasteiger partial charge in [0, 0.05) is 30.9 Å². The number of rotatable bonds is 6. The Bertz CT molecular complexity index is 724. The number of pyridine rings is 1. The third-order valence-corrected chi connectivity index (χ3v) is 3.86. The van der Waals surface area contributed by atoms with Gasteiger partial charge in [0.1, 0.15) is 5.60 Å². The van der Waals surface area contributed by atoms with Crippen molar-refractivity contribution in [2.75, 3.05) is 6.54 Å². The number of amides is 1. The molecule has 1 aromatic heterocycles. The van der Waals surface area contributed by atoms with Crippen molar-refractivity contribution in [3.05, 3.63) is 65.0 Å². The molecule has 26 heavy (non-hydrogen) atoms. The molecule has 1 amide bonds. The van der Waals surface area contributed by atoms with Crippen LogP contribution in [0.3, 0.4) is 0 Å². The minimum atomic E-state index is -0.510. The van der Waals surface area contributed by atoms with Crippen molar-refractivity contribution in [2.45, 2.75) is 52.2 Å². The van der Waals surface area contributed by atoms with Gasteiger partial charge in [-0.1, -0.05) is 36.4 Å². The molecule has 1 unspecified atom stereocenters. The van der Waals surface area contributed by atoms with E-state index in [9.17, 15) is 4.79 Å². The summed E-state index contributed by atoms with van der Waals surface area (Å²) < 4.78 is 5.21. The quantitative estimate of drug-likeness (QED) is 0.833. The van der Waals surface area contributed by atoms with E-state index < -0.39 is 11.7 Å². The van der Waals surface area contributed by atoms with Crippen LogP contribution < -0.4 is 11.1 Å². The number of carbonyl (C=O) groups excluding carboxylic acids is 1. The van der Waals surface area contributed by atoms with Crippen LogP contribution >= 0.6 is 0 Å². The lowest BCUT2D eigenvalue weighted by atomic mass is 10.0. The van der Waals surface area contributed by atoms with Crippen LogP contribution in [0, 0.1) is 6.92 Å². The maximum atomic E-state index is 11.7. The highest BCUT2D eigenvalue weighted by Gasteiger charge is 2.16. The summed E-state index contributed by atoms with van der Waals surface area (Å²) >= 11 is 0. The Morgan fingerprint density at radius 1 is 1.23 bits per heavy atom. The fourth-order valence-corrected chi connectivity index (χ4v) is 2.65. The Morgan fingerprint density at radius 3 is 2.54 bits per heavy atom. The first-order valence-electron chi connectivity index (χ1n) is 8.93. The molecule has 0 saturated heterocycles. The summed E-state index contributed by atoms with van der Waals surface area (Å²) in [5.41, 5.74) is 10.2. The fourth-order valence-electron chi connectivity index (χ4n) is 2.65. The Kier molecular flexibility index (Phi) is 6.75. The molecule has 0 spiro atoms. The molecule has 140 valence electrons. The number of aryl methyl sites for hydroxylation is 1. The van der Waals surface area contributed by atoms with E-state index in [-0.39, 0.29) is 6.04 Å². The number of nitrogens with zero attached hydrogens (tertiary/aromatic N) is 1. The van der Waals surface area contributed by atoms with Crippen molar-refractivity contribution in [2.24, 2.45) is 5.73 Å². The average Bonchev–Trinajstić information content (AvgIpc) is 2.55. The highest BCUT2D eigenvalue weighted by Crippen LogP contribution is 2.14.